The molecule has 1 aromatic carbocycles. The van der Waals surface area contributed by atoms with Gasteiger partial charge in [0.25, 0.3) is 10.0 Å². The molecule has 1 amide bonds. The van der Waals surface area contributed by atoms with Crippen LogP contribution in [-0.2, 0) is 19.6 Å². The number of carbonyl (C=O) groups is 2. The van der Waals surface area contributed by atoms with E-state index in [4.69, 9.17) is 9.15 Å². The predicted molar refractivity (Wildman–Crippen MR) is 112 cm³/mol. The standard InChI is InChI=1S/C20H20N2O6S2/c1-2-27-20(24)18-17(13-7-3-4-9-15(13)28-18)21-19(23)14-8-5-11-22(14)30(25,26)16-10-6-12-29-16/h3-4,6-7,9-10,12,14H,2,5,8,11H2,1H3,(H,21,23). The molecule has 158 valence electrons. The Hall–Kier alpha value is -2.69. The third-order valence-electron chi connectivity index (χ3n) is 4.87. The number of benzene rings is 1. The van der Waals surface area contributed by atoms with Crippen molar-refractivity contribution < 1.29 is 27.2 Å². The molecule has 0 radical (unpaired) electrons. The number of esters is 1. The van der Waals surface area contributed by atoms with Gasteiger partial charge in [0.1, 0.15) is 21.5 Å². The first-order valence-corrected chi connectivity index (χ1v) is 11.8. The van der Waals surface area contributed by atoms with Crippen LogP contribution in [0.25, 0.3) is 11.0 Å². The molecule has 0 saturated carbocycles. The van der Waals surface area contributed by atoms with Crippen LogP contribution in [0.1, 0.15) is 30.3 Å². The zero-order chi connectivity index (χ0) is 21.3. The van der Waals surface area contributed by atoms with Crippen molar-refractivity contribution in [2.45, 2.75) is 30.0 Å². The van der Waals surface area contributed by atoms with Crippen LogP contribution < -0.4 is 5.32 Å². The number of anilines is 1. The smallest absolute Gasteiger partial charge is 0.376 e. The van der Waals surface area contributed by atoms with Gasteiger partial charge in [-0.05, 0) is 43.3 Å². The van der Waals surface area contributed by atoms with Crippen molar-refractivity contribution in [3.05, 3.63) is 47.5 Å². The van der Waals surface area contributed by atoms with Gasteiger partial charge in [0.05, 0.1) is 6.61 Å². The van der Waals surface area contributed by atoms with Gasteiger partial charge in [-0.25, -0.2) is 13.2 Å². The second-order valence-electron chi connectivity index (χ2n) is 6.72. The minimum absolute atomic E-state index is 0.114. The average Bonchev–Trinajstić information content (AvgIpc) is 3.48. The molecule has 4 rings (SSSR count). The van der Waals surface area contributed by atoms with Crippen LogP contribution in [0.2, 0.25) is 0 Å². The molecule has 30 heavy (non-hydrogen) atoms. The van der Waals surface area contributed by atoms with E-state index in [1.807, 2.05) is 0 Å². The number of sulfonamides is 1. The molecule has 0 bridgehead atoms. The molecule has 0 aliphatic carbocycles. The van der Waals surface area contributed by atoms with E-state index in [0.29, 0.717) is 23.8 Å². The number of fused-ring (bicyclic) bond motifs is 1. The lowest BCUT2D eigenvalue weighted by Gasteiger charge is -2.22. The molecular formula is C20H20N2O6S2. The molecule has 0 spiro atoms. The fourth-order valence-corrected chi connectivity index (χ4v) is 6.31. The highest BCUT2D eigenvalue weighted by Crippen LogP contribution is 2.33. The lowest BCUT2D eigenvalue weighted by Crippen LogP contribution is -2.43. The van der Waals surface area contributed by atoms with Crippen molar-refractivity contribution in [3.63, 3.8) is 0 Å². The summed E-state index contributed by atoms with van der Waals surface area (Å²) in [4.78, 5) is 25.5. The van der Waals surface area contributed by atoms with Crippen LogP contribution >= 0.6 is 11.3 Å². The van der Waals surface area contributed by atoms with Crippen molar-refractivity contribution >= 4 is 49.9 Å². The maximum Gasteiger partial charge on any atom is 0.376 e. The predicted octanol–water partition coefficient (Wildman–Crippen LogP) is 3.46. The van der Waals surface area contributed by atoms with Crippen LogP contribution in [-0.4, -0.2) is 43.8 Å². The molecule has 2 aromatic heterocycles. The van der Waals surface area contributed by atoms with E-state index in [9.17, 15) is 18.0 Å². The molecule has 1 aliphatic heterocycles. The Morgan fingerprint density at radius 3 is 2.80 bits per heavy atom. The quantitative estimate of drug-likeness (QED) is 0.579. The Labute approximate surface area is 177 Å². The van der Waals surface area contributed by atoms with Gasteiger partial charge in [0, 0.05) is 11.9 Å². The number of furan rings is 1. The van der Waals surface area contributed by atoms with Gasteiger partial charge in [0.2, 0.25) is 11.7 Å². The van der Waals surface area contributed by atoms with Crippen LogP contribution in [0.15, 0.2) is 50.4 Å². The molecule has 1 fully saturated rings. The molecular weight excluding hydrogens is 428 g/mol. The summed E-state index contributed by atoms with van der Waals surface area (Å²) < 4.78 is 38.0. The van der Waals surface area contributed by atoms with Crippen LogP contribution in [0.3, 0.4) is 0 Å². The van der Waals surface area contributed by atoms with E-state index in [0.717, 1.165) is 11.3 Å². The van der Waals surface area contributed by atoms with Crippen molar-refractivity contribution in [2.75, 3.05) is 18.5 Å². The van der Waals surface area contributed by atoms with Gasteiger partial charge in [-0.1, -0.05) is 18.2 Å². The Morgan fingerprint density at radius 2 is 2.07 bits per heavy atom. The number of thiophene rings is 1. The minimum atomic E-state index is -3.77. The third kappa shape index (κ3) is 3.62. The maximum absolute atomic E-state index is 13.1. The summed E-state index contributed by atoms with van der Waals surface area (Å²) in [6, 6.07) is 9.20. The van der Waals surface area contributed by atoms with Crippen molar-refractivity contribution in [3.8, 4) is 0 Å². The molecule has 1 N–H and O–H groups in total. The second-order valence-corrected chi connectivity index (χ2v) is 9.78. The number of hydrogen-bond donors (Lipinski definition) is 1. The zero-order valence-corrected chi connectivity index (χ0v) is 17.8. The Balaban J connectivity index is 1.66. The minimum Gasteiger partial charge on any atom is -0.460 e. The molecule has 3 heterocycles. The first-order chi connectivity index (χ1) is 14.4. The molecule has 1 aliphatic rings. The first kappa shape index (κ1) is 20.6. The molecule has 8 nitrogen and oxygen atoms in total. The molecule has 1 unspecified atom stereocenters. The van der Waals surface area contributed by atoms with E-state index >= 15 is 0 Å². The molecule has 3 aromatic rings. The first-order valence-electron chi connectivity index (χ1n) is 9.48. The fourth-order valence-electron chi connectivity index (χ4n) is 3.53. The van der Waals surface area contributed by atoms with Crippen LogP contribution in [0.5, 0.6) is 0 Å². The van der Waals surface area contributed by atoms with Crippen LogP contribution in [0, 0.1) is 0 Å². The number of hydrogen-bond acceptors (Lipinski definition) is 7. The largest absolute Gasteiger partial charge is 0.460 e. The Bertz CT molecular complexity index is 1180. The highest BCUT2D eigenvalue weighted by molar-refractivity contribution is 7.91. The molecule has 1 saturated heterocycles. The number of rotatable bonds is 6. The summed E-state index contributed by atoms with van der Waals surface area (Å²) in [5.74, 6) is -1.32. The monoisotopic (exact) mass is 448 g/mol. The SMILES string of the molecule is CCOC(=O)c1oc2ccccc2c1NC(=O)C1CCCN1S(=O)(=O)c1cccs1. The fraction of sp³-hybridized carbons (Fsp3) is 0.300. The number of nitrogens with zero attached hydrogens (tertiary/aromatic N) is 1. The zero-order valence-electron chi connectivity index (χ0n) is 16.2. The number of carbonyl (C=O) groups excluding carboxylic acids is 2. The van der Waals surface area contributed by atoms with Gasteiger partial charge in [0.15, 0.2) is 0 Å². The van der Waals surface area contributed by atoms with Crippen molar-refractivity contribution in [2.24, 2.45) is 0 Å². The average molecular weight is 449 g/mol. The summed E-state index contributed by atoms with van der Waals surface area (Å²) in [5, 5.41) is 4.95. The van der Waals surface area contributed by atoms with Gasteiger partial charge < -0.3 is 14.5 Å². The normalized spacial score (nSPS) is 17.3. The number of para-hydroxylation sites is 1. The van der Waals surface area contributed by atoms with Gasteiger partial charge in [-0.3, -0.25) is 4.79 Å². The summed E-state index contributed by atoms with van der Waals surface area (Å²) in [5.41, 5.74) is 0.611. The van der Waals surface area contributed by atoms with Gasteiger partial charge >= 0.3 is 5.97 Å². The lowest BCUT2D eigenvalue weighted by molar-refractivity contribution is -0.119. The van der Waals surface area contributed by atoms with E-state index < -0.39 is 27.9 Å². The maximum atomic E-state index is 13.1. The van der Waals surface area contributed by atoms with E-state index in [1.54, 1.807) is 42.6 Å². The second kappa shape index (κ2) is 8.21. The third-order valence-corrected chi connectivity index (χ3v) is 8.15. The summed E-state index contributed by atoms with van der Waals surface area (Å²) in [7, 11) is -3.77. The highest BCUT2D eigenvalue weighted by atomic mass is 32.2. The Kier molecular flexibility index (Phi) is 5.63. The van der Waals surface area contributed by atoms with Crippen molar-refractivity contribution in [1.29, 1.82) is 0 Å². The molecule has 1 atom stereocenters. The highest BCUT2D eigenvalue weighted by Gasteiger charge is 2.40. The van der Waals surface area contributed by atoms with E-state index in [-0.39, 0.29) is 28.8 Å². The lowest BCUT2D eigenvalue weighted by atomic mass is 10.2. The molecule has 10 heteroatoms. The van der Waals surface area contributed by atoms with Gasteiger partial charge in [-0.2, -0.15) is 4.31 Å². The van der Waals surface area contributed by atoms with E-state index in [1.165, 1.54) is 10.4 Å². The number of ether oxygens (including phenoxy) is 1. The number of amides is 1. The Morgan fingerprint density at radius 1 is 1.27 bits per heavy atom. The van der Waals surface area contributed by atoms with Crippen LogP contribution in [0.4, 0.5) is 5.69 Å². The summed E-state index contributed by atoms with van der Waals surface area (Å²) in [6.45, 7) is 2.08. The van der Waals surface area contributed by atoms with E-state index in [2.05, 4.69) is 5.32 Å². The topological polar surface area (TPSA) is 106 Å². The van der Waals surface area contributed by atoms with Crippen molar-refractivity contribution in [1.82, 2.24) is 4.31 Å². The summed E-state index contributed by atoms with van der Waals surface area (Å²) in [6.07, 6.45) is 0.959. The summed E-state index contributed by atoms with van der Waals surface area (Å²) >= 11 is 1.11. The van der Waals surface area contributed by atoms with Gasteiger partial charge in [-0.15, -0.1) is 11.3 Å². The number of nitrogens with one attached hydrogen (secondary N) is 1.